The van der Waals surface area contributed by atoms with Crippen molar-refractivity contribution in [3.05, 3.63) is 59.9 Å². The Bertz CT molecular complexity index is 787. The number of anilines is 1. The number of piperidine rings is 1. The molecule has 2 heterocycles. The Balaban J connectivity index is 1.41. The van der Waals surface area contributed by atoms with Crippen molar-refractivity contribution >= 4 is 17.7 Å². The minimum atomic E-state index is -0.283. The number of aromatic nitrogens is 1. The molecule has 0 atom stereocenters. The Labute approximate surface area is 171 Å². The van der Waals surface area contributed by atoms with E-state index in [0.29, 0.717) is 38.2 Å². The maximum atomic E-state index is 12.4. The number of carbonyl (C=O) groups is 2. The number of amides is 2. The van der Waals surface area contributed by atoms with Crippen LogP contribution in [0.2, 0.25) is 0 Å². The smallest absolute Gasteiger partial charge is 0.409 e. The molecule has 29 heavy (non-hydrogen) atoms. The van der Waals surface area contributed by atoms with Gasteiger partial charge >= 0.3 is 6.09 Å². The second-order valence-corrected chi connectivity index (χ2v) is 7.03. The Kier molecular flexibility index (Phi) is 7.44. The van der Waals surface area contributed by atoms with Crippen molar-refractivity contribution in [2.75, 3.05) is 31.6 Å². The van der Waals surface area contributed by atoms with E-state index in [9.17, 15) is 9.59 Å². The van der Waals surface area contributed by atoms with Crippen LogP contribution in [0.15, 0.2) is 48.7 Å². The molecule has 2 amide bonds. The molecule has 1 aliphatic heterocycles. The highest BCUT2D eigenvalue weighted by molar-refractivity contribution is 5.92. The van der Waals surface area contributed by atoms with E-state index in [1.807, 2.05) is 24.3 Å². The third kappa shape index (κ3) is 6.20. The summed E-state index contributed by atoms with van der Waals surface area (Å²) in [7, 11) is 0. The summed E-state index contributed by atoms with van der Waals surface area (Å²) in [6.07, 6.45) is 3.75. The van der Waals surface area contributed by atoms with E-state index in [1.165, 1.54) is 5.56 Å². The number of benzene rings is 1. The van der Waals surface area contributed by atoms with Crippen LogP contribution in [0.4, 0.5) is 10.5 Å². The van der Waals surface area contributed by atoms with Crippen LogP contribution >= 0.6 is 0 Å². The molecule has 0 bridgehead atoms. The number of nitrogens with zero attached hydrogens (tertiary/aromatic N) is 2. The van der Waals surface area contributed by atoms with Gasteiger partial charge in [-0.15, -0.1) is 0 Å². The van der Waals surface area contributed by atoms with Gasteiger partial charge < -0.3 is 20.3 Å². The van der Waals surface area contributed by atoms with E-state index < -0.39 is 0 Å². The van der Waals surface area contributed by atoms with Crippen LogP contribution in [-0.4, -0.2) is 54.2 Å². The molecule has 1 aliphatic rings. The number of carbonyl (C=O) groups excluding carboxylic acids is 2. The molecular weight excluding hydrogens is 368 g/mol. The number of ether oxygens (including phenoxy) is 1. The SMILES string of the molecule is CCOC(=O)N1CCC(NC(=O)c2ccc(NCCc3ccccc3)cn2)CC1. The fraction of sp³-hybridized carbons (Fsp3) is 0.409. The second kappa shape index (κ2) is 10.5. The van der Waals surface area contributed by atoms with Gasteiger partial charge in [-0.1, -0.05) is 30.3 Å². The van der Waals surface area contributed by atoms with Crippen LogP contribution in [0.5, 0.6) is 0 Å². The predicted molar refractivity (Wildman–Crippen MR) is 112 cm³/mol. The van der Waals surface area contributed by atoms with E-state index >= 15 is 0 Å². The van der Waals surface area contributed by atoms with Crippen LogP contribution in [0, 0.1) is 0 Å². The van der Waals surface area contributed by atoms with Crippen molar-refractivity contribution < 1.29 is 14.3 Å². The minimum Gasteiger partial charge on any atom is -0.450 e. The van der Waals surface area contributed by atoms with Gasteiger partial charge in [0.25, 0.3) is 5.91 Å². The van der Waals surface area contributed by atoms with Gasteiger partial charge in [0.2, 0.25) is 0 Å². The van der Waals surface area contributed by atoms with Gasteiger partial charge in [-0.2, -0.15) is 0 Å². The topological polar surface area (TPSA) is 83.6 Å². The highest BCUT2D eigenvalue weighted by Gasteiger charge is 2.25. The van der Waals surface area contributed by atoms with Gasteiger partial charge in [0.05, 0.1) is 18.5 Å². The average Bonchev–Trinajstić information content (AvgIpc) is 2.75. The average molecular weight is 396 g/mol. The lowest BCUT2D eigenvalue weighted by Crippen LogP contribution is -2.46. The molecule has 154 valence electrons. The molecule has 1 fully saturated rings. The Morgan fingerprint density at radius 1 is 1.14 bits per heavy atom. The van der Waals surface area contributed by atoms with Crippen LogP contribution < -0.4 is 10.6 Å². The van der Waals surface area contributed by atoms with Gasteiger partial charge in [-0.05, 0) is 43.9 Å². The van der Waals surface area contributed by atoms with E-state index in [2.05, 4.69) is 27.8 Å². The molecule has 7 heteroatoms. The molecule has 0 spiro atoms. The summed E-state index contributed by atoms with van der Waals surface area (Å²) in [5.74, 6) is -0.185. The number of hydrogen-bond donors (Lipinski definition) is 2. The molecule has 1 aromatic carbocycles. The van der Waals surface area contributed by atoms with E-state index in [-0.39, 0.29) is 18.0 Å². The van der Waals surface area contributed by atoms with E-state index in [0.717, 1.165) is 18.7 Å². The molecule has 2 aromatic rings. The van der Waals surface area contributed by atoms with Crippen LogP contribution in [-0.2, 0) is 11.2 Å². The quantitative estimate of drug-likeness (QED) is 0.751. The van der Waals surface area contributed by atoms with Crippen molar-refractivity contribution in [2.24, 2.45) is 0 Å². The number of likely N-dealkylation sites (tertiary alicyclic amines) is 1. The number of pyridine rings is 1. The summed E-state index contributed by atoms with van der Waals surface area (Å²) in [5.41, 5.74) is 2.56. The molecule has 1 saturated heterocycles. The van der Waals surface area contributed by atoms with Crippen LogP contribution in [0.1, 0.15) is 35.8 Å². The standard InChI is InChI=1S/C22H28N4O3/c1-2-29-22(28)26-14-11-18(12-15-26)25-21(27)20-9-8-19(16-24-20)23-13-10-17-6-4-3-5-7-17/h3-9,16,18,23H,2,10-15H2,1H3,(H,25,27). The first-order valence-corrected chi connectivity index (χ1v) is 10.1. The number of rotatable bonds is 7. The summed E-state index contributed by atoms with van der Waals surface area (Å²) in [6, 6.07) is 13.9. The number of hydrogen-bond acceptors (Lipinski definition) is 5. The highest BCUT2D eigenvalue weighted by Crippen LogP contribution is 2.13. The normalized spacial score (nSPS) is 14.3. The summed E-state index contributed by atoms with van der Waals surface area (Å²) in [4.78, 5) is 30.1. The first kappa shape index (κ1) is 20.6. The van der Waals surface area contributed by atoms with Crippen molar-refractivity contribution in [2.45, 2.75) is 32.2 Å². The summed E-state index contributed by atoms with van der Waals surface area (Å²) in [5, 5.41) is 6.33. The Morgan fingerprint density at radius 2 is 1.90 bits per heavy atom. The summed E-state index contributed by atoms with van der Waals surface area (Å²) in [6.45, 7) is 4.14. The molecule has 0 radical (unpaired) electrons. The third-order valence-corrected chi connectivity index (χ3v) is 4.94. The zero-order chi connectivity index (χ0) is 20.5. The zero-order valence-corrected chi connectivity index (χ0v) is 16.8. The lowest BCUT2D eigenvalue weighted by Gasteiger charge is -2.31. The summed E-state index contributed by atoms with van der Waals surface area (Å²) >= 11 is 0. The maximum Gasteiger partial charge on any atom is 0.409 e. The molecule has 1 aromatic heterocycles. The van der Waals surface area contributed by atoms with Gasteiger partial charge in [0.15, 0.2) is 0 Å². The molecular formula is C22H28N4O3. The van der Waals surface area contributed by atoms with Crippen LogP contribution in [0.3, 0.4) is 0 Å². The van der Waals surface area contributed by atoms with Gasteiger partial charge in [-0.3, -0.25) is 4.79 Å². The van der Waals surface area contributed by atoms with E-state index in [4.69, 9.17) is 4.74 Å². The largest absolute Gasteiger partial charge is 0.450 e. The molecule has 7 nitrogen and oxygen atoms in total. The highest BCUT2D eigenvalue weighted by atomic mass is 16.6. The van der Waals surface area contributed by atoms with Crippen molar-refractivity contribution in [3.63, 3.8) is 0 Å². The van der Waals surface area contributed by atoms with Gasteiger partial charge in [-0.25, -0.2) is 9.78 Å². The monoisotopic (exact) mass is 396 g/mol. The molecule has 0 aliphatic carbocycles. The summed E-state index contributed by atoms with van der Waals surface area (Å²) < 4.78 is 5.01. The lowest BCUT2D eigenvalue weighted by molar-refractivity contribution is 0.0856. The third-order valence-electron chi connectivity index (χ3n) is 4.94. The predicted octanol–water partition coefficient (Wildman–Crippen LogP) is 3.09. The molecule has 3 rings (SSSR count). The van der Waals surface area contributed by atoms with Crippen molar-refractivity contribution in [1.29, 1.82) is 0 Å². The van der Waals surface area contributed by atoms with Gasteiger partial charge in [0.1, 0.15) is 5.69 Å². The van der Waals surface area contributed by atoms with E-state index in [1.54, 1.807) is 24.1 Å². The fourth-order valence-corrected chi connectivity index (χ4v) is 3.31. The van der Waals surface area contributed by atoms with Crippen molar-refractivity contribution in [1.82, 2.24) is 15.2 Å². The fourth-order valence-electron chi connectivity index (χ4n) is 3.31. The first-order chi connectivity index (χ1) is 14.2. The number of nitrogens with one attached hydrogen (secondary N) is 2. The van der Waals surface area contributed by atoms with Gasteiger partial charge in [0, 0.05) is 25.7 Å². The van der Waals surface area contributed by atoms with Crippen molar-refractivity contribution in [3.8, 4) is 0 Å². The first-order valence-electron chi connectivity index (χ1n) is 10.1. The molecule has 0 unspecified atom stereocenters. The Morgan fingerprint density at radius 3 is 2.55 bits per heavy atom. The minimum absolute atomic E-state index is 0.0404. The zero-order valence-electron chi connectivity index (χ0n) is 16.8. The second-order valence-electron chi connectivity index (χ2n) is 7.03. The lowest BCUT2D eigenvalue weighted by atomic mass is 10.1. The molecule has 2 N–H and O–H groups in total. The molecule has 0 saturated carbocycles. The Hall–Kier alpha value is -3.09. The van der Waals surface area contributed by atoms with Crippen LogP contribution in [0.25, 0.3) is 0 Å². The maximum absolute atomic E-state index is 12.4.